The van der Waals surface area contributed by atoms with Crippen LogP contribution >= 0.6 is 11.3 Å². The molecule has 3 heterocycles. The van der Waals surface area contributed by atoms with Crippen LogP contribution in [0.4, 0.5) is 0 Å². The van der Waals surface area contributed by atoms with Crippen LogP contribution in [0, 0.1) is 27.7 Å². The molecule has 5 nitrogen and oxygen atoms in total. The highest BCUT2D eigenvalue weighted by molar-refractivity contribution is 7.07. The average molecular weight is 343 g/mol. The van der Waals surface area contributed by atoms with E-state index in [1.807, 2.05) is 36.9 Å². The summed E-state index contributed by atoms with van der Waals surface area (Å²) in [7, 11) is 0. The Bertz CT molecular complexity index is 846. The average Bonchev–Trinajstić information content (AvgIpc) is 3.22. The molecule has 0 bridgehead atoms. The molecule has 0 aliphatic rings. The van der Waals surface area contributed by atoms with Crippen molar-refractivity contribution in [3.8, 4) is 0 Å². The number of furan rings is 1. The fourth-order valence-corrected chi connectivity index (χ4v) is 3.62. The molecule has 0 saturated heterocycles. The van der Waals surface area contributed by atoms with E-state index in [9.17, 15) is 4.79 Å². The van der Waals surface area contributed by atoms with Crippen LogP contribution < -0.4 is 5.32 Å². The number of nitrogens with one attached hydrogen (secondary N) is 1. The monoisotopic (exact) mass is 343 g/mol. The molecule has 0 radical (unpaired) electrons. The highest BCUT2D eigenvalue weighted by Gasteiger charge is 2.20. The fourth-order valence-electron chi connectivity index (χ4n) is 2.91. The first-order chi connectivity index (χ1) is 11.5. The zero-order valence-corrected chi connectivity index (χ0v) is 15.1. The van der Waals surface area contributed by atoms with E-state index in [1.54, 1.807) is 24.3 Å². The molecule has 0 aliphatic carbocycles. The van der Waals surface area contributed by atoms with Crippen LogP contribution in [0.25, 0.3) is 0 Å². The summed E-state index contributed by atoms with van der Waals surface area (Å²) in [5, 5.41) is 11.8. The molecule has 0 spiro atoms. The van der Waals surface area contributed by atoms with Crippen LogP contribution in [0.2, 0.25) is 0 Å². The lowest BCUT2D eigenvalue weighted by atomic mass is 10.1. The minimum Gasteiger partial charge on any atom is -0.466 e. The van der Waals surface area contributed by atoms with Gasteiger partial charge < -0.3 is 9.73 Å². The maximum Gasteiger partial charge on any atom is 0.254 e. The maximum atomic E-state index is 12.5. The lowest BCUT2D eigenvalue weighted by molar-refractivity contribution is 0.0947. The second kappa shape index (κ2) is 6.65. The molecule has 1 atom stereocenters. The van der Waals surface area contributed by atoms with Gasteiger partial charge in [0.1, 0.15) is 11.5 Å². The van der Waals surface area contributed by atoms with E-state index in [1.165, 1.54) is 0 Å². The number of hydrogen-bond acceptors (Lipinski definition) is 4. The Labute approximate surface area is 145 Å². The Morgan fingerprint density at radius 3 is 2.67 bits per heavy atom. The molecule has 1 amide bonds. The Morgan fingerprint density at radius 2 is 2.12 bits per heavy atom. The number of carbonyl (C=O) groups is 1. The van der Waals surface area contributed by atoms with E-state index < -0.39 is 0 Å². The van der Waals surface area contributed by atoms with Gasteiger partial charge in [0, 0.05) is 12.2 Å². The minimum atomic E-state index is -0.119. The van der Waals surface area contributed by atoms with Crippen LogP contribution in [0.5, 0.6) is 0 Å². The SMILES string of the molecule is Cc1cc(C)n(C(CNC(=O)c2cc(C)oc2C)c2ccsc2)n1. The Morgan fingerprint density at radius 1 is 1.33 bits per heavy atom. The van der Waals surface area contributed by atoms with E-state index in [2.05, 4.69) is 21.9 Å². The Balaban J connectivity index is 1.82. The molecule has 0 fully saturated rings. The summed E-state index contributed by atoms with van der Waals surface area (Å²) in [5.74, 6) is 1.26. The van der Waals surface area contributed by atoms with Gasteiger partial charge in [-0.3, -0.25) is 9.48 Å². The number of rotatable bonds is 5. The highest BCUT2D eigenvalue weighted by Crippen LogP contribution is 2.22. The minimum absolute atomic E-state index is 0.0257. The number of nitrogens with zero attached hydrogens (tertiary/aromatic N) is 2. The van der Waals surface area contributed by atoms with Crippen molar-refractivity contribution in [3.63, 3.8) is 0 Å². The molecule has 6 heteroatoms. The second-order valence-electron chi connectivity index (χ2n) is 5.98. The van der Waals surface area contributed by atoms with Gasteiger partial charge in [0.2, 0.25) is 0 Å². The van der Waals surface area contributed by atoms with Crippen molar-refractivity contribution >= 4 is 17.2 Å². The van der Waals surface area contributed by atoms with Gasteiger partial charge in [0.15, 0.2) is 0 Å². The van der Waals surface area contributed by atoms with E-state index in [4.69, 9.17) is 4.42 Å². The molecule has 0 aliphatic heterocycles. The summed E-state index contributed by atoms with van der Waals surface area (Å²) in [4.78, 5) is 12.5. The lowest BCUT2D eigenvalue weighted by Gasteiger charge is -2.19. The summed E-state index contributed by atoms with van der Waals surface area (Å²) < 4.78 is 7.42. The number of aromatic nitrogens is 2. The summed E-state index contributed by atoms with van der Waals surface area (Å²) in [6.45, 7) is 8.13. The third kappa shape index (κ3) is 3.28. The van der Waals surface area contributed by atoms with Gasteiger partial charge in [-0.25, -0.2) is 0 Å². The topological polar surface area (TPSA) is 60.1 Å². The lowest BCUT2D eigenvalue weighted by Crippen LogP contribution is -2.32. The number of carbonyl (C=O) groups excluding carboxylic acids is 1. The third-order valence-corrected chi connectivity index (χ3v) is 4.71. The quantitative estimate of drug-likeness (QED) is 0.767. The third-order valence-electron chi connectivity index (χ3n) is 4.01. The normalized spacial score (nSPS) is 12.3. The molecule has 3 aromatic heterocycles. The number of thiophene rings is 1. The fraction of sp³-hybridized carbons (Fsp3) is 0.333. The smallest absolute Gasteiger partial charge is 0.254 e. The molecule has 0 aromatic carbocycles. The van der Waals surface area contributed by atoms with Crippen LogP contribution in [0.1, 0.15) is 44.9 Å². The molecule has 3 rings (SSSR count). The molecular weight excluding hydrogens is 322 g/mol. The molecular formula is C18H21N3O2S. The van der Waals surface area contributed by atoms with E-state index in [-0.39, 0.29) is 11.9 Å². The summed E-state index contributed by atoms with van der Waals surface area (Å²) in [6, 6.07) is 5.87. The van der Waals surface area contributed by atoms with Crippen LogP contribution in [0.15, 0.2) is 33.4 Å². The van der Waals surface area contributed by atoms with Crippen molar-refractivity contribution in [2.45, 2.75) is 33.7 Å². The molecule has 1 N–H and O–H groups in total. The van der Waals surface area contributed by atoms with Gasteiger partial charge in [0.05, 0.1) is 17.3 Å². The number of amides is 1. The number of aryl methyl sites for hydroxylation is 4. The van der Waals surface area contributed by atoms with Crippen LogP contribution in [-0.4, -0.2) is 22.2 Å². The molecule has 126 valence electrons. The van der Waals surface area contributed by atoms with Gasteiger partial charge in [-0.05, 0) is 62.2 Å². The summed E-state index contributed by atoms with van der Waals surface area (Å²) in [5.41, 5.74) is 3.78. The van der Waals surface area contributed by atoms with Gasteiger partial charge in [-0.2, -0.15) is 16.4 Å². The van der Waals surface area contributed by atoms with Crippen molar-refractivity contribution < 1.29 is 9.21 Å². The zero-order chi connectivity index (χ0) is 17.3. The first kappa shape index (κ1) is 16.5. The summed E-state index contributed by atoms with van der Waals surface area (Å²) >= 11 is 1.64. The summed E-state index contributed by atoms with van der Waals surface area (Å²) in [6.07, 6.45) is 0. The van der Waals surface area contributed by atoms with Crippen molar-refractivity contribution in [1.82, 2.24) is 15.1 Å². The first-order valence-corrected chi connectivity index (χ1v) is 8.80. The van der Waals surface area contributed by atoms with Crippen LogP contribution in [0.3, 0.4) is 0 Å². The zero-order valence-electron chi connectivity index (χ0n) is 14.3. The van der Waals surface area contributed by atoms with Crippen molar-refractivity contribution in [2.24, 2.45) is 0 Å². The van der Waals surface area contributed by atoms with Gasteiger partial charge in [-0.15, -0.1) is 0 Å². The van der Waals surface area contributed by atoms with Gasteiger partial charge in [0.25, 0.3) is 5.91 Å². The van der Waals surface area contributed by atoms with Crippen molar-refractivity contribution in [2.75, 3.05) is 6.54 Å². The Hall–Kier alpha value is -2.34. The molecule has 3 aromatic rings. The van der Waals surface area contributed by atoms with E-state index in [0.29, 0.717) is 17.9 Å². The van der Waals surface area contributed by atoms with Gasteiger partial charge in [-0.1, -0.05) is 0 Å². The van der Waals surface area contributed by atoms with Crippen molar-refractivity contribution in [3.05, 3.63) is 63.0 Å². The largest absolute Gasteiger partial charge is 0.466 e. The second-order valence-corrected chi connectivity index (χ2v) is 6.76. The van der Waals surface area contributed by atoms with Gasteiger partial charge >= 0.3 is 0 Å². The van der Waals surface area contributed by atoms with E-state index >= 15 is 0 Å². The van der Waals surface area contributed by atoms with E-state index in [0.717, 1.165) is 22.7 Å². The molecule has 1 unspecified atom stereocenters. The predicted octanol–water partition coefficient (Wildman–Crippen LogP) is 3.79. The predicted molar refractivity (Wildman–Crippen MR) is 94.7 cm³/mol. The maximum absolute atomic E-state index is 12.5. The van der Waals surface area contributed by atoms with Crippen LogP contribution in [-0.2, 0) is 0 Å². The van der Waals surface area contributed by atoms with Crippen molar-refractivity contribution in [1.29, 1.82) is 0 Å². The Kier molecular flexibility index (Phi) is 4.57. The highest BCUT2D eigenvalue weighted by atomic mass is 32.1. The molecule has 0 saturated carbocycles. The first-order valence-electron chi connectivity index (χ1n) is 7.86. The molecule has 24 heavy (non-hydrogen) atoms. The number of hydrogen-bond donors (Lipinski definition) is 1. The standard InChI is InChI=1S/C18H21N3O2S/c1-11-7-12(2)21(20-11)17(15-5-6-24-10-15)9-19-18(22)16-8-13(3)23-14(16)4/h5-8,10,17H,9H2,1-4H3,(H,19,22).